The highest BCUT2D eigenvalue weighted by Gasteiger charge is 2.19. The Balaban J connectivity index is 1.32. The van der Waals surface area contributed by atoms with Crippen molar-refractivity contribution in [2.45, 2.75) is 13.3 Å². The van der Waals surface area contributed by atoms with E-state index in [2.05, 4.69) is 21.9 Å². The van der Waals surface area contributed by atoms with Crippen molar-refractivity contribution in [1.29, 1.82) is 0 Å². The fourth-order valence-electron chi connectivity index (χ4n) is 3.71. The molecule has 0 radical (unpaired) electrons. The number of ether oxygens (including phenoxy) is 1. The topological polar surface area (TPSA) is 80.3 Å². The number of benzene rings is 3. The SMILES string of the molecule is Cc1nc(-c2ccc3c(c2)CCO3)sc1C(=O)NNC(=O)c1cccc2ccccc12. The molecule has 0 bridgehead atoms. The summed E-state index contributed by atoms with van der Waals surface area (Å²) in [5.74, 6) is 0.150. The molecule has 1 aliphatic heterocycles. The molecule has 0 unspecified atom stereocenters. The number of hydrogen-bond donors (Lipinski definition) is 2. The Bertz CT molecular complexity index is 1320. The first-order valence-electron chi connectivity index (χ1n) is 9.92. The summed E-state index contributed by atoms with van der Waals surface area (Å²) >= 11 is 1.30. The molecule has 4 aromatic rings. The third-order valence-electron chi connectivity index (χ3n) is 5.26. The van der Waals surface area contributed by atoms with Gasteiger partial charge in [-0.2, -0.15) is 0 Å². The molecule has 6 nitrogen and oxygen atoms in total. The molecule has 0 atom stereocenters. The first-order valence-corrected chi connectivity index (χ1v) is 10.7. The van der Waals surface area contributed by atoms with Crippen LogP contribution in [0.2, 0.25) is 0 Å². The summed E-state index contributed by atoms with van der Waals surface area (Å²) in [4.78, 5) is 30.4. The number of hydrazine groups is 1. The lowest BCUT2D eigenvalue weighted by Crippen LogP contribution is -2.41. The van der Waals surface area contributed by atoms with Gasteiger partial charge in [0.2, 0.25) is 0 Å². The van der Waals surface area contributed by atoms with Crippen molar-refractivity contribution in [3.63, 3.8) is 0 Å². The first kappa shape index (κ1) is 19.3. The van der Waals surface area contributed by atoms with E-state index in [-0.39, 0.29) is 11.8 Å². The van der Waals surface area contributed by atoms with Crippen LogP contribution in [0.15, 0.2) is 60.7 Å². The number of amides is 2. The Morgan fingerprint density at radius 2 is 1.81 bits per heavy atom. The fraction of sp³-hybridized carbons (Fsp3) is 0.125. The number of nitrogens with zero attached hydrogens (tertiary/aromatic N) is 1. The largest absolute Gasteiger partial charge is 0.493 e. The van der Waals surface area contributed by atoms with Crippen LogP contribution in [0.4, 0.5) is 0 Å². The van der Waals surface area contributed by atoms with Crippen LogP contribution < -0.4 is 15.6 Å². The number of hydrogen-bond acceptors (Lipinski definition) is 5. The molecule has 1 aliphatic rings. The summed E-state index contributed by atoms with van der Waals surface area (Å²) in [6.45, 7) is 2.48. The summed E-state index contributed by atoms with van der Waals surface area (Å²) in [5, 5.41) is 2.55. The van der Waals surface area contributed by atoms with Gasteiger partial charge < -0.3 is 4.74 Å². The molecule has 154 valence electrons. The van der Waals surface area contributed by atoms with Crippen molar-refractivity contribution in [2.24, 2.45) is 0 Å². The highest BCUT2D eigenvalue weighted by atomic mass is 32.1. The molecular weight excluding hydrogens is 410 g/mol. The van der Waals surface area contributed by atoms with Gasteiger partial charge in [-0.25, -0.2) is 4.98 Å². The fourth-order valence-corrected chi connectivity index (χ4v) is 4.67. The average molecular weight is 430 g/mol. The number of nitrogens with one attached hydrogen (secondary N) is 2. The lowest BCUT2D eigenvalue weighted by Gasteiger charge is -2.09. The van der Waals surface area contributed by atoms with E-state index in [1.54, 1.807) is 13.0 Å². The lowest BCUT2D eigenvalue weighted by molar-refractivity contribution is 0.0849. The molecule has 2 heterocycles. The van der Waals surface area contributed by atoms with Gasteiger partial charge in [0.1, 0.15) is 15.6 Å². The Kier molecular flexibility index (Phi) is 4.88. The molecule has 3 aromatic carbocycles. The minimum Gasteiger partial charge on any atom is -0.493 e. The van der Waals surface area contributed by atoms with E-state index in [0.29, 0.717) is 22.7 Å². The van der Waals surface area contributed by atoms with Crippen molar-refractivity contribution >= 4 is 33.9 Å². The third kappa shape index (κ3) is 3.64. The third-order valence-corrected chi connectivity index (χ3v) is 6.47. The van der Waals surface area contributed by atoms with Crippen LogP contribution in [0, 0.1) is 6.92 Å². The van der Waals surface area contributed by atoms with Gasteiger partial charge in [0, 0.05) is 17.5 Å². The normalized spacial score (nSPS) is 12.3. The van der Waals surface area contributed by atoms with E-state index < -0.39 is 0 Å². The number of carbonyl (C=O) groups excluding carboxylic acids is 2. The first-order chi connectivity index (χ1) is 15.1. The van der Waals surface area contributed by atoms with Gasteiger partial charge in [0.15, 0.2) is 0 Å². The second-order valence-electron chi connectivity index (χ2n) is 7.29. The predicted octanol–water partition coefficient (Wildman–Crippen LogP) is 4.28. The van der Waals surface area contributed by atoms with E-state index in [0.717, 1.165) is 39.1 Å². The van der Waals surface area contributed by atoms with Gasteiger partial charge in [0.25, 0.3) is 11.8 Å². The number of fused-ring (bicyclic) bond motifs is 2. The number of aryl methyl sites for hydroxylation is 1. The van der Waals surface area contributed by atoms with Crippen LogP contribution in [-0.2, 0) is 6.42 Å². The molecule has 0 saturated heterocycles. The quantitative estimate of drug-likeness (QED) is 0.477. The molecule has 2 amide bonds. The van der Waals surface area contributed by atoms with Crippen molar-refractivity contribution in [2.75, 3.05) is 6.61 Å². The smallest absolute Gasteiger partial charge is 0.281 e. The number of rotatable bonds is 3. The number of aromatic nitrogens is 1. The molecular formula is C24H19N3O3S. The maximum absolute atomic E-state index is 12.7. The second-order valence-corrected chi connectivity index (χ2v) is 8.29. The zero-order chi connectivity index (χ0) is 21.4. The number of thiazole rings is 1. The minimum absolute atomic E-state index is 0.369. The molecule has 0 aliphatic carbocycles. The Morgan fingerprint density at radius 3 is 2.71 bits per heavy atom. The van der Waals surface area contributed by atoms with Crippen molar-refractivity contribution in [3.8, 4) is 16.3 Å². The average Bonchev–Trinajstić information content (AvgIpc) is 3.42. The number of carbonyl (C=O) groups is 2. The molecule has 0 saturated carbocycles. The Morgan fingerprint density at radius 1 is 1.00 bits per heavy atom. The van der Waals surface area contributed by atoms with Crippen LogP contribution in [0.3, 0.4) is 0 Å². The van der Waals surface area contributed by atoms with Gasteiger partial charge >= 0.3 is 0 Å². The van der Waals surface area contributed by atoms with E-state index >= 15 is 0 Å². The minimum atomic E-state index is -0.390. The summed E-state index contributed by atoms with van der Waals surface area (Å²) < 4.78 is 5.55. The molecule has 1 aromatic heterocycles. The zero-order valence-electron chi connectivity index (χ0n) is 16.8. The van der Waals surface area contributed by atoms with Gasteiger partial charge in [-0.3, -0.25) is 20.4 Å². The van der Waals surface area contributed by atoms with Crippen LogP contribution in [0.5, 0.6) is 5.75 Å². The van der Waals surface area contributed by atoms with E-state index in [9.17, 15) is 9.59 Å². The summed E-state index contributed by atoms with van der Waals surface area (Å²) in [7, 11) is 0. The summed E-state index contributed by atoms with van der Waals surface area (Å²) in [5.41, 5.74) is 8.27. The molecule has 7 heteroatoms. The maximum Gasteiger partial charge on any atom is 0.281 e. The van der Waals surface area contributed by atoms with Crippen LogP contribution in [-0.4, -0.2) is 23.4 Å². The summed E-state index contributed by atoms with van der Waals surface area (Å²) in [6.07, 6.45) is 0.876. The van der Waals surface area contributed by atoms with Gasteiger partial charge in [0.05, 0.1) is 12.3 Å². The molecule has 5 rings (SSSR count). The highest BCUT2D eigenvalue weighted by molar-refractivity contribution is 7.17. The van der Waals surface area contributed by atoms with Crippen molar-refractivity contribution in [1.82, 2.24) is 15.8 Å². The van der Waals surface area contributed by atoms with E-state index in [4.69, 9.17) is 4.74 Å². The highest BCUT2D eigenvalue weighted by Crippen LogP contribution is 2.33. The molecule has 0 spiro atoms. The van der Waals surface area contributed by atoms with Gasteiger partial charge in [-0.1, -0.05) is 36.4 Å². The predicted molar refractivity (Wildman–Crippen MR) is 120 cm³/mol. The van der Waals surface area contributed by atoms with Crippen LogP contribution in [0.1, 0.15) is 31.3 Å². The lowest BCUT2D eigenvalue weighted by atomic mass is 10.0. The van der Waals surface area contributed by atoms with E-state index in [1.165, 1.54) is 11.3 Å². The maximum atomic E-state index is 12.7. The van der Waals surface area contributed by atoms with Crippen LogP contribution in [0.25, 0.3) is 21.3 Å². The molecule has 0 fully saturated rings. The summed E-state index contributed by atoms with van der Waals surface area (Å²) in [6, 6.07) is 19.1. The van der Waals surface area contributed by atoms with E-state index in [1.807, 2.05) is 48.5 Å². The molecule has 31 heavy (non-hydrogen) atoms. The standard InChI is InChI=1S/C24H19N3O3S/c1-14-21(31-24(25-14)17-9-10-20-16(13-17)11-12-30-20)23(29)27-26-22(28)19-8-4-6-15-5-2-3-7-18(15)19/h2-10,13H,11-12H2,1H3,(H,26,28)(H,27,29). The van der Waals surface area contributed by atoms with Gasteiger partial charge in [-0.15, -0.1) is 11.3 Å². The second kappa shape index (κ2) is 7.85. The monoisotopic (exact) mass is 429 g/mol. The zero-order valence-corrected chi connectivity index (χ0v) is 17.6. The Hall–Kier alpha value is -3.71. The molecule has 2 N–H and O–H groups in total. The van der Waals surface area contributed by atoms with Crippen molar-refractivity contribution in [3.05, 3.63) is 82.4 Å². The van der Waals surface area contributed by atoms with Crippen molar-refractivity contribution < 1.29 is 14.3 Å². The van der Waals surface area contributed by atoms with Gasteiger partial charge in [-0.05, 0) is 47.5 Å². The van der Waals surface area contributed by atoms with Crippen LogP contribution >= 0.6 is 11.3 Å². The Labute approximate surface area is 182 Å².